The maximum absolute atomic E-state index is 6.67. The molecular formula is C28H53ILiO4Si2+. The Morgan fingerprint density at radius 1 is 0.889 bits per heavy atom. The molecule has 0 aromatic rings. The Hall–Kier alpha value is 0.941. The number of hydrogen-bond acceptors (Lipinski definition) is 4. The van der Waals surface area contributed by atoms with Crippen molar-refractivity contribution in [2.24, 2.45) is 0 Å². The molecule has 2 rings (SSSR count). The summed E-state index contributed by atoms with van der Waals surface area (Å²) in [5.74, 6) is 2.53. The van der Waals surface area contributed by atoms with Gasteiger partial charge in [0.05, 0.1) is 25.4 Å². The topological polar surface area (TPSA) is 36.9 Å². The van der Waals surface area contributed by atoms with E-state index in [0.29, 0.717) is 12.7 Å². The number of ether oxygens (including phenoxy) is 4. The van der Waals surface area contributed by atoms with Gasteiger partial charge < -0.3 is 25.9 Å². The predicted molar refractivity (Wildman–Crippen MR) is 164 cm³/mol. The summed E-state index contributed by atoms with van der Waals surface area (Å²) in [6.45, 7) is 28.1. The third kappa shape index (κ3) is 28.0. The molecule has 0 spiro atoms. The fraction of sp³-hybridized carbons (Fsp3) is 0.821. The fourth-order valence-electron chi connectivity index (χ4n) is 2.49. The average Bonchev–Trinajstić information content (AvgIpc) is 3.25. The first-order valence-electron chi connectivity index (χ1n) is 12.8. The van der Waals surface area contributed by atoms with Crippen LogP contribution >= 0.6 is 22.6 Å². The first-order chi connectivity index (χ1) is 15.9. The van der Waals surface area contributed by atoms with E-state index in [2.05, 4.69) is 92.7 Å². The van der Waals surface area contributed by atoms with E-state index < -0.39 is 21.9 Å². The van der Waals surface area contributed by atoms with Crippen LogP contribution in [0.15, 0.2) is 0 Å². The third-order valence-corrected chi connectivity index (χ3v) is 6.65. The van der Waals surface area contributed by atoms with Gasteiger partial charge in [0.15, 0.2) is 11.6 Å². The van der Waals surface area contributed by atoms with Crippen LogP contribution in [-0.2, 0) is 18.9 Å². The van der Waals surface area contributed by atoms with Crippen LogP contribution in [0.3, 0.4) is 0 Å². The van der Waals surface area contributed by atoms with Gasteiger partial charge in [-0.2, -0.15) is 6.42 Å². The van der Waals surface area contributed by atoms with E-state index in [1.165, 1.54) is 6.42 Å². The molecular weight excluding hydrogens is 590 g/mol. The first-order valence-corrected chi connectivity index (χ1v) is 21.4. The van der Waals surface area contributed by atoms with Crippen molar-refractivity contribution >= 4 is 38.7 Å². The molecule has 2 fully saturated rings. The van der Waals surface area contributed by atoms with Gasteiger partial charge in [-0.05, 0) is 40.5 Å². The molecule has 0 aromatic carbocycles. The van der Waals surface area contributed by atoms with Gasteiger partial charge in [0, 0.05) is 10.8 Å². The van der Waals surface area contributed by atoms with E-state index in [-0.39, 0.29) is 30.8 Å². The van der Waals surface area contributed by atoms with Gasteiger partial charge >= 0.3 is 58.5 Å². The Kier molecular flexibility index (Phi) is 23.9. The fourth-order valence-corrected chi connectivity index (χ4v) is 3.84. The van der Waals surface area contributed by atoms with Crippen LogP contribution in [0.1, 0.15) is 66.7 Å². The molecule has 0 amide bonds. The van der Waals surface area contributed by atoms with Crippen LogP contribution in [-0.4, -0.2) is 57.6 Å². The summed E-state index contributed by atoms with van der Waals surface area (Å²) in [6, 6.07) is 0. The number of rotatable bonds is 5. The summed E-state index contributed by atoms with van der Waals surface area (Å²) in [7, 11) is -2.41. The minimum atomic E-state index is -1.21. The largest absolute Gasteiger partial charge is 1.00 e. The van der Waals surface area contributed by atoms with Gasteiger partial charge in [-0.15, -0.1) is 11.5 Å². The molecule has 8 heteroatoms. The van der Waals surface area contributed by atoms with Crippen LogP contribution in [0.25, 0.3) is 0 Å². The van der Waals surface area contributed by atoms with Crippen molar-refractivity contribution in [3.63, 3.8) is 0 Å². The van der Waals surface area contributed by atoms with E-state index in [0.717, 1.165) is 36.7 Å². The smallest absolute Gasteiger partial charge is 0.343 e. The summed E-state index contributed by atoms with van der Waals surface area (Å²) < 4.78 is 23.3. The van der Waals surface area contributed by atoms with Crippen molar-refractivity contribution in [1.29, 1.82) is 0 Å². The Morgan fingerprint density at radius 3 is 1.53 bits per heavy atom. The van der Waals surface area contributed by atoms with Gasteiger partial charge in [0.2, 0.25) is 0 Å². The molecule has 4 nitrogen and oxygen atoms in total. The summed E-state index contributed by atoms with van der Waals surface area (Å²) in [5, 5.41) is 0. The van der Waals surface area contributed by atoms with E-state index in [1.807, 2.05) is 27.7 Å². The quantitative estimate of drug-likeness (QED) is 0.141. The molecule has 0 N–H and O–H groups in total. The third-order valence-electron chi connectivity index (χ3n) is 4.35. The minimum absolute atomic E-state index is 0. The van der Waals surface area contributed by atoms with E-state index >= 15 is 0 Å². The maximum Gasteiger partial charge on any atom is 1.00 e. The zero-order chi connectivity index (χ0) is 27.8. The number of unbranched alkanes of at least 4 members (excludes halogenated alkanes) is 1. The second kappa shape index (κ2) is 20.8. The van der Waals surface area contributed by atoms with Crippen molar-refractivity contribution in [2.75, 3.05) is 17.6 Å². The van der Waals surface area contributed by atoms with Crippen LogP contribution in [0, 0.1) is 30.4 Å². The number of alkyl halides is 1. The van der Waals surface area contributed by atoms with Crippen LogP contribution in [0.2, 0.25) is 39.3 Å². The summed E-state index contributed by atoms with van der Waals surface area (Å²) in [4.78, 5) is 0. The molecule has 2 heterocycles. The normalized spacial score (nSPS) is 21.5. The molecule has 2 atom stereocenters. The zero-order valence-electron chi connectivity index (χ0n) is 25.5. The standard InChI is InChI=1S/C12H22O2Si.C7H13IO2.C5H9Si.C4H9.Li/c1-12(2)13-10-11(14-12)8-6-7-9-15(3,4)5;1-7(2)9-5-6(10-7)3-4-8;1-5-6(2,3)4;1-3-4-2;/h11H,6,8,10H2,1-5H3;6H,3-5H2,1-2H3;2-4H3;1,3-4H2,2H3;/q;;+1;-1;+1. The van der Waals surface area contributed by atoms with Gasteiger partial charge in [0.1, 0.15) is 8.07 Å². The second-order valence-corrected chi connectivity index (χ2v) is 22.3. The Labute approximate surface area is 252 Å². The molecule has 2 unspecified atom stereocenters. The Bertz CT molecular complexity index is 654. The summed E-state index contributed by atoms with van der Waals surface area (Å²) in [6.07, 6.45) is 12.5. The van der Waals surface area contributed by atoms with Crippen molar-refractivity contribution in [3.8, 4) is 17.0 Å². The van der Waals surface area contributed by atoms with E-state index in [9.17, 15) is 0 Å². The minimum Gasteiger partial charge on any atom is -0.343 e. The monoisotopic (exact) mass is 643 g/mol. The summed E-state index contributed by atoms with van der Waals surface area (Å²) >= 11 is 2.35. The van der Waals surface area contributed by atoms with Crippen LogP contribution in [0.4, 0.5) is 0 Å². The molecule has 0 aromatic heterocycles. The average molecular weight is 644 g/mol. The first kappa shape index (κ1) is 41.4. The maximum atomic E-state index is 6.67. The van der Waals surface area contributed by atoms with Crippen LogP contribution < -0.4 is 18.9 Å². The van der Waals surface area contributed by atoms with E-state index in [1.54, 1.807) is 0 Å². The zero-order valence-corrected chi connectivity index (χ0v) is 29.7. The van der Waals surface area contributed by atoms with Crippen molar-refractivity contribution in [1.82, 2.24) is 0 Å². The van der Waals surface area contributed by atoms with E-state index in [4.69, 9.17) is 25.4 Å². The number of halogens is 1. The van der Waals surface area contributed by atoms with Gasteiger partial charge in [-0.1, -0.05) is 55.6 Å². The summed E-state index contributed by atoms with van der Waals surface area (Å²) in [5.41, 5.74) is 5.85. The molecule has 2 saturated heterocycles. The SMILES string of the molecule is CC1(C)OCC(CCC#C[Si](C)(C)C)O1.CC1(C)OCC(CCI)O1.[C+]#C[Si](C)(C)C.[CH2-]CCC.[Li+]. The van der Waals surface area contributed by atoms with Crippen molar-refractivity contribution in [2.45, 2.75) is 130 Å². The molecule has 204 valence electrons. The van der Waals surface area contributed by atoms with Gasteiger partial charge in [0.25, 0.3) is 0 Å². The number of hydrogen-bond donors (Lipinski definition) is 0. The molecule has 36 heavy (non-hydrogen) atoms. The van der Waals surface area contributed by atoms with Crippen molar-refractivity contribution < 1.29 is 37.8 Å². The Balaban J connectivity index is -0.000000449. The predicted octanol–water partition coefficient (Wildman–Crippen LogP) is 4.84. The van der Waals surface area contributed by atoms with Crippen LogP contribution in [0.5, 0.6) is 0 Å². The Morgan fingerprint density at radius 2 is 1.28 bits per heavy atom. The molecule has 0 aliphatic carbocycles. The molecule has 2 aliphatic heterocycles. The van der Waals surface area contributed by atoms with Crippen molar-refractivity contribution in [3.05, 3.63) is 13.3 Å². The molecule has 0 bridgehead atoms. The molecule has 0 radical (unpaired) electrons. The van der Waals surface area contributed by atoms with Gasteiger partial charge in [-0.25, -0.2) is 0 Å². The molecule has 0 saturated carbocycles. The van der Waals surface area contributed by atoms with Gasteiger partial charge in [-0.3, -0.25) is 0 Å². The molecule has 2 aliphatic rings. The second-order valence-electron chi connectivity index (χ2n) is 11.7.